The highest BCUT2D eigenvalue weighted by Gasteiger charge is 2.25. The van der Waals surface area contributed by atoms with Gasteiger partial charge < -0.3 is 14.2 Å². The molecule has 0 aliphatic carbocycles. The summed E-state index contributed by atoms with van der Waals surface area (Å²) in [4.78, 5) is 7.87. The Balaban J connectivity index is 2.37. The molecule has 2 N–H and O–H groups in total. The zero-order chi connectivity index (χ0) is 21.3. The van der Waals surface area contributed by atoms with Crippen molar-refractivity contribution in [3.63, 3.8) is 0 Å². The molecule has 0 spiro atoms. The first-order chi connectivity index (χ1) is 13.7. The minimum absolute atomic E-state index is 0.0132. The molecule has 10 nitrogen and oxygen atoms in total. The lowest BCUT2D eigenvalue weighted by atomic mass is 10.2. The molecule has 1 aromatic carbocycles. The molecule has 0 fully saturated rings. The quantitative estimate of drug-likeness (QED) is 0.609. The number of aromatic nitrogens is 3. The van der Waals surface area contributed by atoms with Gasteiger partial charge in [0.15, 0.2) is 12.4 Å². The number of nitrogens with zero attached hydrogens (tertiary/aromatic N) is 4. The first-order valence-corrected chi connectivity index (χ1v) is 9.67. The lowest BCUT2D eigenvalue weighted by Crippen LogP contribution is -2.11. The highest BCUT2D eigenvalue weighted by Crippen LogP contribution is 2.37. The lowest BCUT2D eigenvalue weighted by Gasteiger charge is -2.13. The molecular formula is C16H13ClFN5O5S. The molecule has 0 aliphatic heterocycles. The fourth-order valence-electron chi connectivity index (χ4n) is 2.62. The van der Waals surface area contributed by atoms with Crippen LogP contribution in [0.15, 0.2) is 23.2 Å². The predicted molar refractivity (Wildman–Crippen MR) is 99.4 cm³/mol. The fraction of sp³-hybridized carbons (Fsp3) is 0.188. The van der Waals surface area contributed by atoms with Crippen LogP contribution in [-0.2, 0) is 10.0 Å². The first-order valence-electron chi connectivity index (χ1n) is 7.75. The van der Waals surface area contributed by atoms with Crippen molar-refractivity contribution in [2.75, 3.05) is 20.8 Å². The van der Waals surface area contributed by atoms with Gasteiger partial charge in [0.25, 0.3) is 11.8 Å². The SMILES string of the molecule is COc1nc(-n2cc(S(N)(=O)=O)c3ccc(Cl)c(F)c32)nc(OC)c1OCC#N. The number of ether oxygens (including phenoxy) is 3. The van der Waals surface area contributed by atoms with Gasteiger partial charge in [-0.3, -0.25) is 4.57 Å². The summed E-state index contributed by atoms with van der Waals surface area (Å²) in [5.74, 6) is -1.40. The molecule has 152 valence electrons. The van der Waals surface area contributed by atoms with Gasteiger partial charge in [-0.1, -0.05) is 11.6 Å². The van der Waals surface area contributed by atoms with Crippen molar-refractivity contribution < 1.29 is 27.0 Å². The van der Waals surface area contributed by atoms with Gasteiger partial charge in [0.1, 0.15) is 11.0 Å². The van der Waals surface area contributed by atoms with Gasteiger partial charge in [-0.2, -0.15) is 15.2 Å². The summed E-state index contributed by atoms with van der Waals surface area (Å²) >= 11 is 5.86. The molecule has 3 aromatic rings. The molecule has 29 heavy (non-hydrogen) atoms. The Hall–Kier alpha value is -3.14. The molecule has 3 rings (SSSR count). The zero-order valence-corrected chi connectivity index (χ0v) is 16.6. The number of rotatable bonds is 6. The van der Waals surface area contributed by atoms with Crippen molar-refractivity contribution in [1.29, 1.82) is 5.26 Å². The molecule has 0 radical (unpaired) electrons. The van der Waals surface area contributed by atoms with Crippen LogP contribution >= 0.6 is 11.6 Å². The second-order valence-corrected chi connectivity index (χ2v) is 7.42. The molecule has 0 atom stereocenters. The van der Waals surface area contributed by atoms with E-state index in [1.54, 1.807) is 6.07 Å². The summed E-state index contributed by atoms with van der Waals surface area (Å²) in [5.41, 5.74) is -0.212. The van der Waals surface area contributed by atoms with Crippen LogP contribution in [0.3, 0.4) is 0 Å². The molecule has 13 heteroatoms. The van der Waals surface area contributed by atoms with Crippen LogP contribution in [0, 0.1) is 17.1 Å². The highest BCUT2D eigenvalue weighted by molar-refractivity contribution is 7.89. The van der Waals surface area contributed by atoms with E-state index >= 15 is 0 Å². The second-order valence-electron chi connectivity index (χ2n) is 5.48. The highest BCUT2D eigenvalue weighted by atomic mass is 35.5. The molecule has 0 amide bonds. The van der Waals surface area contributed by atoms with Crippen LogP contribution in [0.2, 0.25) is 5.02 Å². The fourth-order valence-corrected chi connectivity index (χ4v) is 3.50. The van der Waals surface area contributed by atoms with Crippen molar-refractivity contribution in [1.82, 2.24) is 14.5 Å². The summed E-state index contributed by atoms with van der Waals surface area (Å²) in [6.07, 6.45) is 1.06. The summed E-state index contributed by atoms with van der Waals surface area (Å²) < 4.78 is 55.3. The van der Waals surface area contributed by atoms with Crippen molar-refractivity contribution in [3.8, 4) is 29.5 Å². The van der Waals surface area contributed by atoms with E-state index in [1.807, 2.05) is 0 Å². The van der Waals surface area contributed by atoms with Crippen LogP contribution in [-0.4, -0.2) is 43.8 Å². The van der Waals surface area contributed by atoms with Gasteiger partial charge in [-0.05, 0) is 12.1 Å². The van der Waals surface area contributed by atoms with E-state index in [-0.39, 0.29) is 50.9 Å². The van der Waals surface area contributed by atoms with Crippen LogP contribution in [0.25, 0.3) is 16.9 Å². The number of primary sulfonamides is 1. The number of hydrogen-bond donors (Lipinski definition) is 1. The van der Waals surface area contributed by atoms with Gasteiger partial charge >= 0.3 is 0 Å². The summed E-state index contributed by atoms with van der Waals surface area (Å²) in [6, 6.07) is 4.31. The monoisotopic (exact) mass is 441 g/mol. The average Bonchev–Trinajstić information content (AvgIpc) is 3.09. The van der Waals surface area contributed by atoms with Crippen LogP contribution in [0.5, 0.6) is 17.5 Å². The lowest BCUT2D eigenvalue weighted by molar-refractivity contribution is 0.288. The normalized spacial score (nSPS) is 11.3. The standard InChI is InChI=1S/C16H13ClFN5O5S/c1-26-14-13(28-6-5-19)15(27-2)22-16(21-14)23-7-10(29(20,24)25)8-3-4-9(17)11(18)12(8)23/h3-4,7H,6H2,1-2H3,(H2,20,24,25). The molecule has 2 heterocycles. The van der Waals surface area contributed by atoms with Gasteiger partial charge in [0, 0.05) is 11.6 Å². The minimum Gasteiger partial charge on any atom is -0.478 e. The van der Waals surface area contributed by atoms with Crippen molar-refractivity contribution in [3.05, 3.63) is 29.2 Å². The van der Waals surface area contributed by atoms with Gasteiger partial charge in [-0.25, -0.2) is 17.9 Å². The van der Waals surface area contributed by atoms with Gasteiger partial charge in [-0.15, -0.1) is 0 Å². The largest absolute Gasteiger partial charge is 0.478 e. The Morgan fingerprint density at radius 1 is 1.28 bits per heavy atom. The third-order valence-electron chi connectivity index (χ3n) is 3.80. The van der Waals surface area contributed by atoms with Crippen LogP contribution in [0.1, 0.15) is 0 Å². The molecular weight excluding hydrogens is 429 g/mol. The Kier molecular flexibility index (Phi) is 5.47. The maximum Gasteiger partial charge on any atom is 0.266 e. The third kappa shape index (κ3) is 3.63. The Morgan fingerprint density at radius 2 is 1.90 bits per heavy atom. The second kappa shape index (κ2) is 7.70. The Bertz CT molecular complexity index is 1230. The van der Waals surface area contributed by atoms with E-state index in [0.29, 0.717) is 0 Å². The van der Waals surface area contributed by atoms with E-state index < -0.39 is 15.8 Å². The van der Waals surface area contributed by atoms with E-state index in [4.69, 9.17) is 36.2 Å². The number of nitrogens with two attached hydrogens (primary N) is 1. The molecule has 0 saturated carbocycles. The average molecular weight is 442 g/mol. The van der Waals surface area contributed by atoms with Crippen molar-refractivity contribution in [2.24, 2.45) is 5.14 Å². The smallest absolute Gasteiger partial charge is 0.266 e. The third-order valence-corrected chi connectivity index (χ3v) is 5.03. The predicted octanol–water partition coefficient (Wildman–Crippen LogP) is 1.78. The number of fused-ring (bicyclic) bond motifs is 1. The zero-order valence-electron chi connectivity index (χ0n) is 15.0. The molecule has 2 aromatic heterocycles. The maximum absolute atomic E-state index is 14.8. The van der Waals surface area contributed by atoms with Crippen molar-refractivity contribution >= 4 is 32.5 Å². The number of nitriles is 1. The first kappa shape index (κ1) is 20.6. The summed E-state index contributed by atoms with van der Waals surface area (Å²) in [6.45, 7) is -0.332. The minimum atomic E-state index is -4.21. The molecule has 0 bridgehead atoms. The van der Waals surface area contributed by atoms with E-state index in [0.717, 1.165) is 10.8 Å². The number of methoxy groups -OCH3 is 2. The molecule has 0 unspecified atom stereocenters. The van der Waals surface area contributed by atoms with E-state index in [2.05, 4.69) is 9.97 Å². The number of sulfonamides is 1. The summed E-state index contributed by atoms with van der Waals surface area (Å²) in [7, 11) is -1.64. The van der Waals surface area contributed by atoms with Crippen molar-refractivity contribution in [2.45, 2.75) is 4.90 Å². The van der Waals surface area contributed by atoms with Gasteiger partial charge in [0.2, 0.25) is 21.7 Å². The number of benzene rings is 1. The Labute approximate surface area is 169 Å². The Morgan fingerprint density at radius 3 is 2.41 bits per heavy atom. The molecule has 0 aliphatic rings. The van der Waals surface area contributed by atoms with Crippen LogP contribution in [0.4, 0.5) is 4.39 Å². The number of halogens is 2. The van der Waals surface area contributed by atoms with E-state index in [9.17, 15) is 12.8 Å². The van der Waals surface area contributed by atoms with E-state index in [1.165, 1.54) is 26.4 Å². The topological polar surface area (TPSA) is 142 Å². The maximum atomic E-state index is 14.8. The summed E-state index contributed by atoms with van der Waals surface area (Å²) in [5, 5.41) is 13.7. The molecule has 0 saturated heterocycles. The number of hydrogen-bond acceptors (Lipinski definition) is 8. The van der Waals surface area contributed by atoms with Crippen LogP contribution < -0.4 is 19.3 Å². The van der Waals surface area contributed by atoms with Gasteiger partial charge in [0.05, 0.1) is 24.8 Å².